The third-order valence-electron chi connectivity index (χ3n) is 1.91. The molecule has 0 amide bonds. The van der Waals surface area contributed by atoms with Gasteiger partial charge >= 0.3 is 0 Å². The van der Waals surface area contributed by atoms with Crippen molar-refractivity contribution >= 4 is 5.78 Å². The van der Waals surface area contributed by atoms with Gasteiger partial charge in [0.25, 0.3) is 0 Å². The summed E-state index contributed by atoms with van der Waals surface area (Å²) in [6.45, 7) is 2.48. The summed E-state index contributed by atoms with van der Waals surface area (Å²) in [5, 5.41) is 3.08. The molecule has 3 heteroatoms. The Bertz CT molecular complexity index is 136. The van der Waals surface area contributed by atoms with E-state index in [1.807, 2.05) is 0 Å². The van der Waals surface area contributed by atoms with Gasteiger partial charge in [-0.15, -0.1) is 0 Å². The minimum atomic E-state index is -0.0648. The zero-order valence-electron chi connectivity index (χ0n) is 6.39. The highest BCUT2D eigenvalue weighted by atomic mass is 16.5. The van der Waals surface area contributed by atoms with Gasteiger partial charge in [0.15, 0.2) is 0 Å². The maximum atomic E-state index is 10.9. The van der Waals surface area contributed by atoms with Crippen LogP contribution in [0.5, 0.6) is 0 Å². The monoisotopic (exact) mass is 143 g/mol. The average molecular weight is 143 g/mol. The molecule has 0 aromatic heterocycles. The molecule has 1 saturated heterocycles. The molecule has 58 valence electrons. The molecule has 0 bridgehead atoms. The van der Waals surface area contributed by atoms with Crippen molar-refractivity contribution in [3.63, 3.8) is 0 Å². The molecule has 1 fully saturated rings. The summed E-state index contributed by atoms with van der Waals surface area (Å²) in [4.78, 5) is 10.9. The predicted molar refractivity (Wildman–Crippen MR) is 37.9 cm³/mol. The lowest BCUT2D eigenvalue weighted by Gasteiger charge is -2.13. The lowest BCUT2D eigenvalue weighted by molar-refractivity contribution is -0.121. The van der Waals surface area contributed by atoms with Gasteiger partial charge < -0.3 is 10.1 Å². The fourth-order valence-electron chi connectivity index (χ4n) is 1.34. The number of ether oxygens (including phenoxy) is 1. The predicted octanol–water partition coefficient (Wildman–Crippen LogP) is -0.0477. The van der Waals surface area contributed by atoms with E-state index in [4.69, 9.17) is 4.74 Å². The third-order valence-corrected chi connectivity index (χ3v) is 1.91. The van der Waals surface area contributed by atoms with E-state index in [1.54, 1.807) is 14.0 Å². The minimum Gasteiger partial charge on any atom is -0.379 e. The van der Waals surface area contributed by atoms with Crippen molar-refractivity contribution in [2.75, 3.05) is 13.7 Å². The Morgan fingerprint density at radius 1 is 1.70 bits per heavy atom. The first-order valence-electron chi connectivity index (χ1n) is 3.52. The normalized spacial score (nSPS) is 32.6. The Labute approximate surface area is 60.7 Å². The van der Waals surface area contributed by atoms with Crippen LogP contribution in [0.15, 0.2) is 0 Å². The first kappa shape index (κ1) is 7.69. The Balaban J connectivity index is 2.50. The van der Waals surface area contributed by atoms with Gasteiger partial charge in [0.2, 0.25) is 0 Å². The molecule has 1 aliphatic heterocycles. The van der Waals surface area contributed by atoms with Crippen LogP contribution in [0.2, 0.25) is 0 Å². The van der Waals surface area contributed by atoms with Crippen LogP contribution in [0, 0.1) is 0 Å². The fourth-order valence-corrected chi connectivity index (χ4v) is 1.34. The van der Waals surface area contributed by atoms with Gasteiger partial charge in [-0.2, -0.15) is 0 Å². The van der Waals surface area contributed by atoms with Gasteiger partial charge in [-0.25, -0.2) is 0 Å². The maximum absolute atomic E-state index is 10.9. The lowest BCUT2D eigenvalue weighted by Crippen LogP contribution is -2.37. The summed E-state index contributed by atoms with van der Waals surface area (Å²) in [6, 6.07) is -0.0648. The molecule has 0 aliphatic carbocycles. The lowest BCUT2D eigenvalue weighted by atomic mass is 10.1. The van der Waals surface area contributed by atoms with Crippen molar-refractivity contribution in [2.45, 2.75) is 25.5 Å². The number of ketones is 1. The molecule has 2 unspecified atom stereocenters. The van der Waals surface area contributed by atoms with Gasteiger partial charge in [-0.3, -0.25) is 4.79 Å². The molecule has 3 nitrogen and oxygen atoms in total. The van der Waals surface area contributed by atoms with Crippen LogP contribution in [-0.4, -0.2) is 31.6 Å². The van der Waals surface area contributed by atoms with Gasteiger partial charge in [0.1, 0.15) is 5.78 Å². The molecule has 0 aromatic rings. The molecular formula is C7H13NO2. The van der Waals surface area contributed by atoms with Gasteiger partial charge in [0, 0.05) is 7.11 Å². The van der Waals surface area contributed by atoms with E-state index in [9.17, 15) is 4.79 Å². The van der Waals surface area contributed by atoms with Crippen LogP contribution in [0.25, 0.3) is 0 Å². The molecule has 0 aromatic carbocycles. The highest BCUT2D eigenvalue weighted by molar-refractivity contribution is 5.82. The Morgan fingerprint density at radius 3 is 2.80 bits per heavy atom. The summed E-state index contributed by atoms with van der Waals surface area (Å²) in [5.41, 5.74) is 0. The summed E-state index contributed by atoms with van der Waals surface area (Å²) < 4.78 is 5.10. The quantitative estimate of drug-likeness (QED) is 0.589. The number of hydrogen-bond donors (Lipinski definition) is 1. The van der Waals surface area contributed by atoms with E-state index >= 15 is 0 Å². The number of nitrogens with one attached hydrogen (secondary N) is 1. The van der Waals surface area contributed by atoms with Gasteiger partial charge in [-0.05, 0) is 19.9 Å². The second-order valence-corrected chi connectivity index (χ2v) is 2.61. The molecule has 0 spiro atoms. The molecular weight excluding hydrogens is 130 g/mol. The second kappa shape index (κ2) is 3.12. The van der Waals surface area contributed by atoms with E-state index in [0.717, 1.165) is 13.0 Å². The molecule has 0 radical (unpaired) electrons. The fraction of sp³-hybridized carbons (Fsp3) is 0.857. The number of carbonyl (C=O) groups excluding carboxylic acids is 1. The van der Waals surface area contributed by atoms with E-state index < -0.39 is 0 Å². The van der Waals surface area contributed by atoms with E-state index in [-0.39, 0.29) is 17.9 Å². The highest BCUT2D eigenvalue weighted by Gasteiger charge is 2.29. The SMILES string of the molecule is COC1CCNC1C(C)=O. The smallest absolute Gasteiger partial charge is 0.149 e. The van der Waals surface area contributed by atoms with Crippen molar-refractivity contribution in [1.82, 2.24) is 5.32 Å². The largest absolute Gasteiger partial charge is 0.379 e. The summed E-state index contributed by atoms with van der Waals surface area (Å²) in [6.07, 6.45) is 1.04. The summed E-state index contributed by atoms with van der Waals surface area (Å²) in [5.74, 6) is 0.171. The molecule has 1 heterocycles. The maximum Gasteiger partial charge on any atom is 0.149 e. The van der Waals surface area contributed by atoms with Crippen LogP contribution < -0.4 is 5.32 Å². The Morgan fingerprint density at radius 2 is 2.40 bits per heavy atom. The first-order chi connectivity index (χ1) is 4.75. The van der Waals surface area contributed by atoms with Crippen molar-refractivity contribution in [3.8, 4) is 0 Å². The van der Waals surface area contributed by atoms with Crippen LogP contribution >= 0.6 is 0 Å². The zero-order chi connectivity index (χ0) is 7.56. The van der Waals surface area contributed by atoms with Gasteiger partial charge in [0.05, 0.1) is 12.1 Å². The Hall–Kier alpha value is -0.410. The Kier molecular flexibility index (Phi) is 2.40. The zero-order valence-corrected chi connectivity index (χ0v) is 6.39. The third kappa shape index (κ3) is 1.36. The molecule has 10 heavy (non-hydrogen) atoms. The van der Waals surface area contributed by atoms with Crippen molar-refractivity contribution < 1.29 is 9.53 Å². The van der Waals surface area contributed by atoms with Crippen LogP contribution in [-0.2, 0) is 9.53 Å². The standard InChI is InChI=1S/C7H13NO2/c1-5(9)7-6(10-2)3-4-8-7/h6-8H,3-4H2,1-2H3. The summed E-state index contributed by atoms with van der Waals surface area (Å²) >= 11 is 0. The second-order valence-electron chi connectivity index (χ2n) is 2.61. The topological polar surface area (TPSA) is 38.3 Å². The molecule has 1 aliphatic rings. The molecule has 0 saturated carbocycles. The van der Waals surface area contributed by atoms with E-state index in [2.05, 4.69) is 5.32 Å². The minimum absolute atomic E-state index is 0.0648. The average Bonchev–Trinajstić information content (AvgIpc) is 2.33. The molecule has 1 rings (SSSR count). The first-order valence-corrected chi connectivity index (χ1v) is 3.52. The molecule has 1 N–H and O–H groups in total. The van der Waals surface area contributed by atoms with Crippen LogP contribution in [0.4, 0.5) is 0 Å². The number of rotatable bonds is 2. The van der Waals surface area contributed by atoms with Gasteiger partial charge in [-0.1, -0.05) is 0 Å². The summed E-state index contributed by atoms with van der Waals surface area (Å²) in [7, 11) is 1.65. The molecule has 2 atom stereocenters. The van der Waals surface area contributed by atoms with Crippen LogP contribution in [0.1, 0.15) is 13.3 Å². The number of methoxy groups -OCH3 is 1. The van der Waals surface area contributed by atoms with Crippen molar-refractivity contribution in [3.05, 3.63) is 0 Å². The highest BCUT2D eigenvalue weighted by Crippen LogP contribution is 2.10. The number of carbonyl (C=O) groups is 1. The van der Waals surface area contributed by atoms with Crippen LogP contribution in [0.3, 0.4) is 0 Å². The number of hydrogen-bond acceptors (Lipinski definition) is 3. The van der Waals surface area contributed by atoms with Crippen molar-refractivity contribution in [1.29, 1.82) is 0 Å². The number of Topliss-reactive ketones (excluding diaryl/α,β-unsaturated/α-hetero) is 1. The van der Waals surface area contributed by atoms with E-state index in [0.29, 0.717) is 0 Å². The van der Waals surface area contributed by atoms with Crippen molar-refractivity contribution in [2.24, 2.45) is 0 Å². The van der Waals surface area contributed by atoms with E-state index in [1.165, 1.54) is 0 Å².